The second-order valence-corrected chi connectivity index (χ2v) is 5.56. The van der Waals surface area contributed by atoms with E-state index in [9.17, 15) is 0 Å². The average Bonchev–Trinajstić information content (AvgIpc) is 2.28. The summed E-state index contributed by atoms with van der Waals surface area (Å²) in [6.07, 6.45) is 0.217. The quantitative estimate of drug-likeness (QED) is 0.840. The lowest BCUT2D eigenvalue weighted by Crippen LogP contribution is -2.48. The first-order valence-corrected chi connectivity index (χ1v) is 6.52. The largest absolute Gasteiger partial charge is 0.491 e. The van der Waals surface area contributed by atoms with Gasteiger partial charge in [-0.3, -0.25) is 0 Å². The van der Waals surface area contributed by atoms with Gasteiger partial charge >= 0.3 is 0 Å². The van der Waals surface area contributed by atoms with E-state index in [4.69, 9.17) is 4.74 Å². The number of ether oxygens (including phenoxy) is 1. The molecule has 3 nitrogen and oxygen atoms in total. The Balaban J connectivity index is 2.78. The second-order valence-electron chi connectivity index (χ2n) is 5.56. The van der Waals surface area contributed by atoms with Crippen LogP contribution in [0, 0.1) is 0 Å². The molecule has 1 N–H and O–H groups in total. The summed E-state index contributed by atoms with van der Waals surface area (Å²) in [5.74, 6) is 0.925. The van der Waals surface area contributed by atoms with E-state index in [0.29, 0.717) is 0 Å². The molecule has 0 heterocycles. The highest BCUT2D eigenvalue weighted by Gasteiger charge is 2.22. The van der Waals surface area contributed by atoms with E-state index < -0.39 is 0 Å². The number of likely N-dealkylation sites (N-methyl/N-ethyl adjacent to an activating group) is 2. The Morgan fingerprint density at radius 1 is 1.22 bits per heavy atom. The molecule has 0 amide bonds. The summed E-state index contributed by atoms with van der Waals surface area (Å²) in [5.41, 5.74) is 1.28. The van der Waals surface area contributed by atoms with Crippen LogP contribution in [0.4, 0.5) is 5.69 Å². The van der Waals surface area contributed by atoms with Crippen LogP contribution in [0.1, 0.15) is 27.7 Å². The van der Waals surface area contributed by atoms with Crippen LogP contribution >= 0.6 is 0 Å². The molecule has 18 heavy (non-hydrogen) atoms. The van der Waals surface area contributed by atoms with Gasteiger partial charge in [0.25, 0.3) is 0 Å². The van der Waals surface area contributed by atoms with E-state index >= 15 is 0 Å². The number of hydrogen-bond acceptors (Lipinski definition) is 3. The number of anilines is 1. The number of nitrogens with zero attached hydrogens (tertiary/aromatic N) is 1. The van der Waals surface area contributed by atoms with Gasteiger partial charge in [0.2, 0.25) is 0 Å². The lowest BCUT2D eigenvalue weighted by atomic mass is 10.0. The zero-order valence-corrected chi connectivity index (χ0v) is 12.4. The maximum atomic E-state index is 5.65. The molecule has 0 bridgehead atoms. The van der Waals surface area contributed by atoms with Crippen molar-refractivity contribution in [2.24, 2.45) is 0 Å². The molecule has 0 aliphatic rings. The van der Waals surface area contributed by atoms with Crippen LogP contribution in [0.2, 0.25) is 0 Å². The van der Waals surface area contributed by atoms with Crippen LogP contribution in [0.5, 0.6) is 5.75 Å². The van der Waals surface area contributed by atoms with Crippen molar-refractivity contribution in [1.82, 2.24) is 5.32 Å². The molecule has 0 aliphatic heterocycles. The number of nitrogens with one attached hydrogen (secondary N) is 1. The lowest BCUT2D eigenvalue weighted by Gasteiger charge is -2.37. The Hall–Kier alpha value is -1.22. The predicted molar refractivity (Wildman–Crippen MR) is 78.6 cm³/mol. The molecule has 0 unspecified atom stereocenters. The van der Waals surface area contributed by atoms with Crippen LogP contribution < -0.4 is 15.0 Å². The normalized spacial score (nSPS) is 11.7. The molecular formula is C15H26N2O. The summed E-state index contributed by atoms with van der Waals surface area (Å²) in [7, 11) is 4.10. The van der Waals surface area contributed by atoms with Crippen LogP contribution in [-0.2, 0) is 0 Å². The van der Waals surface area contributed by atoms with Crippen molar-refractivity contribution in [2.75, 3.05) is 25.5 Å². The maximum absolute atomic E-state index is 5.65. The van der Waals surface area contributed by atoms with Gasteiger partial charge in [-0.15, -0.1) is 0 Å². The highest BCUT2D eigenvalue weighted by molar-refractivity contribution is 5.50. The number of rotatable bonds is 6. The highest BCUT2D eigenvalue weighted by atomic mass is 16.5. The molecule has 1 aromatic rings. The molecule has 1 aromatic carbocycles. The monoisotopic (exact) mass is 250 g/mol. The summed E-state index contributed by atoms with van der Waals surface area (Å²) in [5, 5.41) is 3.23. The Kier molecular flexibility index (Phi) is 5.03. The summed E-state index contributed by atoms with van der Waals surface area (Å²) in [6, 6.07) is 8.27. The van der Waals surface area contributed by atoms with E-state index in [1.807, 2.05) is 33.0 Å². The molecule has 102 valence electrons. The molecule has 1 rings (SSSR count). The topological polar surface area (TPSA) is 24.5 Å². The van der Waals surface area contributed by atoms with Crippen molar-refractivity contribution in [3.8, 4) is 5.75 Å². The minimum absolute atomic E-state index is 0.0785. The molecule has 3 heteroatoms. The van der Waals surface area contributed by atoms with Gasteiger partial charge in [0.05, 0.1) is 6.10 Å². The fourth-order valence-corrected chi connectivity index (χ4v) is 1.92. The zero-order chi connectivity index (χ0) is 13.8. The van der Waals surface area contributed by atoms with Crippen molar-refractivity contribution in [2.45, 2.75) is 39.3 Å². The van der Waals surface area contributed by atoms with E-state index in [-0.39, 0.29) is 11.6 Å². The van der Waals surface area contributed by atoms with Gasteiger partial charge in [0.15, 0.2) is 0 Å². The Bertz CT molecular complexity index is 357. The van der Waals surface area contributed by atoms with Crippen molar-refractivity contribution in [3.05, 3.63) is 24.3 Å². The smallest absolute Gasteiger partial charge is 0.119 e. The Morgan fingerprint density at radius 3 is 2.22 bits per heavy atom. The van der Waals surface area contributed by atoms with E-state index in [1.54, 1.807) is 0 Å². The molecule has 0 saturated heterocycles. The SMILES string of the molecule is CNCC(C)(C)N(C)c1ccc(OC(C)C)cc1. The van der Waals surface area contributed by atoms with E-state index in [0.717, 1.165) is 12.3 Å². The average molecular weight is 250 g/mol. The maximum Gasteiger partial charge on any atom is 0.119 e. The number of hydrogen-bond donors (Lipinski definition) is 1. The van der Waals surface area contributed by atoms with Crippen LogP contribution in [0.3, 0.4) is 0 Å². The standard InChI is InChI=1S/C15H26N2O/c1-12(2)18-14-9-7-13(8-10-14)17(6)15(3,4)11-16-5/h7-10,12,16H,11H2,1-6H3. The van der Waals surface area contributed by atoms with Gasteiger partial charge in [-0.1, -0.05) is 0 Å². The van der Waals surface area contributed by atoms with Gasteiger partial charge in [-0.05, 0) is 59.0 Å². The predicted octanol–water partition coefficient (Wildman–Crippen LogP) is 2.91. The molecule has 0 spiro atoms. The first kappa shape index (κ1) is 14.8. The van der Waals surface area contributed by atoms with Crippen LogP contribution in [0.15, 0.2) is 24.3 Å². The minimum atomic E-state index is 0.0785. The highest BCUT2D eigenvalue weighted by Crippen LogP contribution is 2.24. The summed E-state index contributed by atoms with van der Waals surface area (Å²) >= 11 is 0. The Morgan fingerprint density at radius 2 is 1.78 bits per heavy atom. The van der Waals surface area contributed by atoms with Crippen molar-refractivity contribution in [1.29, 1.82) is 0 Å². The third-order valence-corrected chi connectivity index (χ3v) is 3.11. The van der Waals surface area contributed by atoms with Gasteiger partial charge in [0, 0.05) is 24.8 Å². The van der Waals surface area contributed by atoms with Crippen molar-refractivity contribution in [3.63, 3.8) is 0 Å². The lowest BCUT2D eigenvalue weighted by molar-refractivity contribution is 0.242. The summed E-state index contributed by atoms with van der Waals surface area (Å²) < 4.78 is 5.65. The fourth-order valence-electron chi connectivity index (χ4n) is 1.92. The summed E-state index contributed by atoms with van der Waals surface area (Å²) in [4.78, 5) is 2.28. The number of benzene rings is 1. The third-order valence-electron chi connectivity index (χ3n) is 3.11. The molecule has 0 saturated carbocycles. The molecule has 0 atom stereocenters. The summed E-state index contributed by atoms with van der Waals surface area (Å²) in [6.45, 7) is 9.46. The first-order chi connectivity index (χ1) is 8.36. The second kappa shape index (κ2) is 6.10. The molecular weight excluding hydrogens is 224 g/mol. The van der Waals surface area contributed by atoms with Crippen LogP contribution in [-0.4, -0.2) is 32.3 Å². The fraction of sp³-hybridized carbons (Fsp3) is 0.600. The van der Waals surface area contributed by atoms with Gasteiger partial charge in [-0.25, -0.2) is 0 Å². The first-order valence-electron chi connectivity index (χ1n) is 6.52. The van der Waals surface area contributed by atoms with E-state index in [2.05, 4.69) is 43.2 Å². The molecule has 0 aliphatic carbocycles. The van der Waals surface area contributed by atoms with Crippen molar-refractivity contribution >= 4 is 5.69 Å². The molecule has 0 radical (unpaired) electrons. The van der Waals surface area contributed by atoms with Gasteiger partial charge < -0.3 is 15.0 Å². The molecule has 0 fully saturated rings. The molecule has 0 aromatic heterocycles. The third kappa shape index (κ3) is 3.91. The minimum Gasteiger partial charge on any atom is -0.491 e. The van der Waals surface area contributed by atoms with Crippen LogP contribution in [0.25, 0.3) is 0 Å². The van der Waals surface area contributed by atoms with Gasteiger partial charge in [-0.2, -0.15) is 0 Å². The van der Waals surface area contributed by atoms with E-state index in [1.165, 1.54) is 5.69 Å². The zero-order valence-electron chi connectivity index (χ0n) is 12.4. The van der Waals surface area contributed by atoms with Crippen molar-refractivity contribution < 1.29 is 4.74 Å². The Labute approximate surface area is 111 Å². The van der Waals surface area contributed by atoms with Gasteiger partial charge in [0.1, 0.15) is 5.75 Å².